The highest BCUT2D eigenvalue weighted by Crippen LogP contribution is 2.25. The van der Waals surface area contributed by atoms with Crippen LogP contribution < -0.4 is 15.3 Å². The molecule has 0 aliphatic heterocycles. The minimum Gasteiger partial charge on any atom is -0.546 e. The topological polar surface area (TPSA) is 117 Å². The minimum absolute atomic E-state index is 0.388. The van der Waals surface area contributed by atoms with Gasteiger partial charge in [0.05, 0.1) is 29.5 Å². The number of para-hydroxylation sites is 1. The molecule has 0 bridgehead atoms. The summed E-state index contributed by atoms with van der Waals surface area (Å²) < 4.78 is 10.4. The summed E-state index contributed by atoms with van der Waals surface area (Å²) in [7, 11) is 0. The highest BCUT2D eigenvalue weighted by molar-refractivity contribution is 6.07. The third-order valence-corrected chi connectivity index (χ3v) is 4.35. The van der Waals surface area contributed by atoms with Gasteiger partial charge in [0.15, 0.2) is 5.76 Å². The Morgan fingerprint density at radius 3 is 2.65 bits per heavy atom. The fraction of sp³-hybridized carbons (Fsp3) is 0.0435. The number of furan rings is 1. The number of carboxylic acids is 1. The monoisotopic (exact) mass is 414 g/mol. The highest BCUT2D eigenvalue weighted by Gasteiger charge is 2.14. The van der Waals surface area contributed by atoms with E-state index >= 15 is 0 Å². The van der Waals surface area contributed by atoms with Crippen molar-refractivity contribution < 1.29 is 23.8 Å². The van der Waals surface area contributed by atoms with E-state index in [1.54, 1.807) is 48.7 Å². The van der Waals surface area contributed by atoms with Crippen LogP contribution >= 0.6 is 0 Å². The van der Waals surface area contributed by atoms with E-state index in [2.05, 4.69) is 15.5 Å². The first-order chi connectivity index (χ1) is 15.1. The maximum absolute atomic E-state index is 12.8. The molecule has 8 nitrogen and oxygen atoms in total. The summed E-state index contributed by atoms with van der Waals surface area (Å²) in [6, 6.07) is 19.1. The lowest BCUT2D eigenvalue weighted by Gasteiger charge is -2.08. The molecule has 0 fully saturated rings. The number of hydrogen-bond acceptors (Lipinski definition) is 7. The number of aromatic nitrogens is 1. The zero-order valence-electron chi connectivity index (χ0n) is 16.1. The number of hydrogen-bond donors (Lipinski definition) is 1. The van der Waals surface area contributed by atoms with E-state index in [-0.39, 0.29) is 0 Å². The number of carboxylic acid groups (broad SMARTS) is 1. The normalized spacial score (nSPS) is 11.0. The Hall–Kier alpha value is -4.46. The Kier molecular flexibility index (Phi) is 5.70. The van der Waals surface area contributed by atoms with Gasteiger partial charge in [-0.05, 0) is 54.1 Å². The molecule has 0 spiro atoms. The third kappa shape index (κ3) is 4.76. The summed E-state index contributed by atoms with van der Waals surface area (Å²) in [5, 5.41) is 15.1. The van der Waals surface area contributed by atoms with Gasteiger partial charge in [-0.2, -0.15) is 5.10 Å². The molecular weight excluding hydrogens is 398 g/mol. The summed E-state index contributed by atoms with van der Waals surface area (Å²) >= 11 is 0. The van der Waals surface area contributed by atoms with Gasteiger partial charge in [0, 0.05) is 5.39 Å². The lowest BCUT2D eigenvalue weighted by Crippen LogP contribution is -2.28. The number of nitrogens with zero attached hydrogens (tertiary/aromatic N) is 2. The molecule has 0 radical (unpaired) electrons. The number of fused-ring (bicyclic) bond motifs is 1. The lowest BCUT2D eigenvalue weighted by molar-refractivity contribution is -0.307. The number of nitrogens with one attached hydrogen (secondary N) is 1. The van der Waals surface area contributed by atoms with Gasteiger partial charge in [0.2, 0.25) is 0 Å². The van der Waals surface area contributed by atoms with E-state index in [9.17, 15) is 14.7 Å². The van der Waals surface area contributed by atoms with Gasteiger partial charge < -0.3 is 19.1 Å². The molecule has 4 aromatic rings. The van der Waals surface area contributed by atoms with Crippen molar-refractivity contribution >= 4 is 29.0 Å². The minimum atomic E-state index is -1.30. The number of ether oxygens (including phenoxy) is 1. The number of aliphatic carboxylic acids is 1. The number of carbonyl (C=O) groups excluding carboxylic acids is 2. The van der Waals surface area contributed by atoms with E-state index in [1.165, 1.54) is 6.21 Å². The van der Waals surface area contributed by atoms with Crippen LogP contribution in [0.2, 0.25) is 0 Å². The molecule has 0 saturated heterocycles. The molecule has 0 aliphatic rings. The van der Waals surface area contributed by atoms with E-state index in [0.717, 1.165) is 0 Å². The van der Waals surface area contributed by atoms with E-state index < -0.39 is 18.5 Å². The standard InChI is InChI=1S/C23H17N3O5/c27-22(28)14-31-16-9-7-15(8-10-16)13-24-26-23(29)18-12-20(21-6-3-11-30-21)25-19-5-2-1-4-17(18)19/h1-13H,14H2,(H,26,29)(H,27,28)/p-1/b24-13-. The van der Waals surface area contributed by atoms with E-state index in [0.29, 0.717) is 39.2 Å². The zero-order valence-corrected chi connectivity index (χ0v) is 16.1. The summed E-state index contributed by atoms with van der Waals surface area (Å²) in [6.07, 6.45) is 3.02. The van der Waals surface area contributed by atoms with Gasteiger partial charge in [-0.3, -0.25) is 4.79 Å². The van der Waals surface area contributed by atoms with Gasteiger partial charge in [0.1, 0.15) is 18.1 Å². The number of carbonyl (C=O) groups is 2. The van der Waals surface area contributed by atoms with Crippen molar-refractivity contribution in [1.29, 1.82) is 0 Å². The van der Waals surface area contributed by atoms with Crippen molar-refractivity contribution in [2.24, 2.45) is 5.10 Å². The Bertz CT molecular complexity index is 1250. The maximum atomic E-state index is 12.8. The number of hydrazone groups is 1. The Morgan fingerprint density at radius 1 is 1.10 bits per heavy atom. The van der Waals surface area contributed by atoms with Crippen molar-refractivity contribution in [1.82, 2.24) is 10.4 Å². The molecule has 1 N–H and O–H groups in total. The molecule has 2 heterocycles. The first kappa shape index (κ1) is 19.8. The highest BCUT2D eigenvalue weighted by atomic mass is 16.5. The maximum Gasteiger partial charge on any atom is 0.272 e. The average molecular weight is 414 g/mol. The molecule has 31 heavy (non-hydrogen) atoms. The Labute approximate surface area is 176 Å². The molecule has 0 saturated carbocycles. The summed E-state index contributed by atoms with van der Waals surface area (Å²) in [4.78, 5) is 27.8. The number of pyridine rings is 1. The lowest BCUT2D eigenvalue weighted by atomic mass is 10.1. The van der Waals surface area contributed by atoms with Crippen LogP contribution in [-0.4, -0.2) is 29.7 Å². The number of amides is 1. The quantitative estimate of drug-likeness (QED) is 0.367. The average Bonchev–Trinajstić information content (AvgIpc) is 3.33. The van der Waals surface area contributed by atoms with Crippen LogP contribution in [0.1, 0.15) is 15.9 Å². The first-order valence-electron chi connectivity index (χ1n) is 9.30. The van der Waals surface area contributed by atoms with Crippen LogP contribution in [0.15, 0.2) is 82.5 Å². The molecule has 0 aliphatic carbocycles. The molecule has 2 aromatic heterocycles. The van der Waals surface area contributed by atoms with Gasteiger partial charge >= 0.3 is 0 Å². The molecule has 0 atom stereocenters. The second-order valence-electron chi connectivity index (χ2n) is 6.48. The largest absolute Gasteiger partial charge is 0.546 e. The fourth-order valence-corrected chi connectivity index (χ4v) is 2.93. The Balaban J connectivity index is 1.51. The summed E-state index contributed by atoms with van der Waals surface area (Å²) in [5.74, 6) is -0.743. The third-order valence-electron chi connectivity index (χ3n) is 4.35. The van der Waals surface area contributed by atoms with Crippen LogP contribution in [-0.2, 0) is 4.79 Å². The van der Waals surface area contributed by atoms with Crippen LogP contribution in [0, 0.1) is 0 Å². The number of rotatable bonds is 7. The SMILES string of the molecule is O=C([O-])COc1ccc(/C=N\NC(=O)c2cc(-c3ccco3)nc3ccccc23)cc1. The van der Waals surface area contributed by atoms with Crippen LogP contribution in [0.3, 0.4) is 0 Å². The molecule has 8 heteroatoms. The molecule has 4 rings (SSSR count). The zero-order chi connectivity index (χ0) is 21.6. The first-order valence-corrected chi connectivity index (χ1v) is 9.30. The van der Waals surface area contributed by atoms with Crippen LogP contribution in [0.25, 0.3) is 22.4 Å². The second-order valence-corrected chi connectivity index (χ2v) is 6.48. The van der Waals surface area contributed by atoms with Crippen LogP contribution in [0.4, 0.5) is 0 Å². The van der Waals surface area contributed by atoms with Crippen LogP contribution in [0.5, 0.6) is 5.75 Å². The number of benzene rings is 2. The molecule has 154 valence electrons. The van der Waals surface area contributed by atoms with Crippen molar-refractivity contribution in [2.75, 3.05) is 6.61 Å². The fourth-order valence-electron chi connectivity index (χ4n) is 2.93. The van der Waals surface area contributed by atoms with E-state index in [4.69, 9.17) is 9.15 Å². The predicted molar refractivity (Wildman–Crippen MR) is 111 cm³/mol. The molecule has 1 amide bonds. The Morgan fingerprint density at radius 2 is 1.90 bits per heavy atom. The van der Waals surface area contributed by atoms with Crippen molar-refractivity contribution in [3.05, 3.63) is 84.1 Å². The van der Waals surface area contributed by atoms with Gasteiger partial charge in [-0.25, -0.2) is 10.4 Å². The van der Waals surface area contributed by atoms with Gasteiger partial charge in [0.25, 0.3) is 5.91 Å². The van der Waals surface area contributed by atoms with Gasteiger partial charge in [-0.15, -0.1) is 0 Å². The van der Waals surface area contributed by atoms with Crippen molar-refractivity contribution in [3.63, 3.8) is 0 Å². The second kappa shape index (κ2) is 8.91. The van der Waals surface area contributed by atoms with Crippen molar-refractivity contribution in [3.8, 4) is 17.2 Å². The predicted octanol–water partition coefficient (Wildman–Crippen LogP) is 2.39. The smallest absolute Gasteiger partial charge is 0.272 e. The van der Waals surface area contributed by atoms with Crippen molar-refractivity contribution in [2.45, 2.75) is 0 Å². The molecule has 2 aromatic carbocycles. The van der Waals surface area contributed by atoms with E-state index in [1.807, 2.05) is 24.3 Å². The summed E-state index contributed by atoms with van der Waals surface area (Å²) in [6.45, 7) is -0.524. The molecule has 0 unspecified atom stereocenters. The molecular formula is C23H16N3O5-. The summed E-state index contributed by atoms with van der Waals surface area (Å²) in [5.41, 5.74) is 4.84. The van der Waals surface area contributed by atoms with Gasteiger partial charge in [-0.1, -0.05) is 18.2 Å².